The van der Waals surface area contributed by atoms with Gasteiger partial charge in [0.05, 0.1) is 7.11 Å². The van der Waals surface area contributed by atoms with Gasteiger partial charge in [0.1, 0.15) is 22.7 Å². The molecule has 0 amide bonds. The molecule has 7 nitrogen and oxygen atoms in total. The molecule has 0 atom stereocenters. The summed E-state index contributed by atoms with van der Waals surface area (Å²) in [5.41, 5.74) is 2.75. The lowest BCUT2D eigenvalue weighted by Crippen LogP contribution is -2.08. The SMILES string of the molecule is COc1cccc2cc(-c3cc(=O)oc4cc(-c5ccccc5)c(OC(=O)c5cc6ccccc6o5)cc34)oc12. The molecule has 0 bridgehead atoms. The third-order valence-corrected chi connectivity index (χ3v) is 6.75. The molecule has 0 spiro atoms. The van der Waals surface area contributed by atoms with Crippen LogP contribution in [0.1, 0.15) is 10.6 Å². The molecule has 0 radical (unpaired) electrons. The molecule has 4 aromatic carbocycles. The van der Waals surface area contributed by atoms with Gasteiger partial charge in [-0.15, -0.1) is 0 Å². The zero-order valence-electron chi connectivity index (χ0n) is 21.2. The number of hydrogen-bond donors (Lipinski definition) is 0. The Balaban J connectivity index is 1.42. The maximum absolute atomic E-state index is 13.3. The van der Waals surface area contributed by atoms with Gasteiger partial charge in [0.2, 0.25) is 5.76 Å². The molecule has 40 heavy (non-hydrogen) atoms. The Morgan fingerprint density at radius 3 is 2.30 bits per heavy atom. The van der Waals surface area contributed by atoms with Gasteiger partial charge >= 0.3 is 11.6 Å². The highest BCUT2D eigenvalue weighted by Crippen LogP contribution is 2.40. The summed E-state index contributed by atoms with van der Waals surface area (Å²) in [6, 6.07) is 30.5. The Labute approximate surface area is 226 Å². The highest BCUT2D eigenvalue weighted by molar-refractivity contribution is 6.00. The largest absolute Gasteiger partial charge is 0.493 e. The van der Waals surface area contributed by atoms with Crippen molar-refractivity contribution >= 4 is 38.9 Å². The van der Waals surface area contributed by atoms with Crippen LogP contribution in [0.4, 0.5) is 0 Å². The number of furan rings is 2. The van der Waals surface area contributed by atoms with Gasteiger partial charge in [-0.25, -0.2) is 9.59 Å². The van der Waals surface area contributed by atoms with E-state index in [0.717, 1.165) is 16.3 Å². The van der Waals surface area contributed by atoms with Crippen LogP contribution < -0.4 is 15.1 Å². The molecule has 0 aliphatic carbocycles. The number of fused-ring (bicyclic) bond motifs is 3. The fraction of sp³-hybridized carbons (Fsp3) is 0.0303. The molecule has 0 saturated carbocycles. The summed E-state index contributed by atoms with van der Waals surface area (Å²) < 4.78 is 28.9. The molecule has 3 heterocycles. The van der Waals surface area contributed by atoms with Crippen molar-refractivity contribution in [3.63, 3.8) is 0 Å². The number of para-hydroxylation sites is 2. The quantitative estimate of drug-likeness (QED) is 0.128. The van der Waals surface area contributed by atoms with Crippen molar-refractivity contribution in [1.29, 1.82) is 0 Å². The predicted molar refractivity (Wildman–Crippen MR) is 151 cm³/mol. The van der Waals surface area contributed by atoms with Crippen molar-refractivity contribution < 1.29 is 27.5 Å². The van der Waals surface area contributed by atoms with Crippen molar-refractivity contribution in [1.82, 2.24) is 0 Å². The summed E-state index contributed by atoms with van der Waals surface area (Å²) in [6.07, 6.45) is 0. The van der Waals surface area contributed by atoms with Gasteiger partial charge in [0, 0.05) is 33.4 Å². The smallest absolute Gasteiger partial charge is 0.379 e. The fourth-order valence-corrected chi connectivity index (χ4v) is 4.88. The fourth-order valence-electron chi connectivity index (χ4n) is 4.88. The van der Waals surface area contributed by atoms with Crippen LogP contribution >= 0.6 is 0 Å². The molecular formula is C33H20O7. The molecule has 0 aliphatic heterocycles. The number of ether oxygens (including phenoxy) is 2. The van der Waals surface area contributed by atoms with Gasteiger partial charge in [-0.1, -0.05) is 60.7 Å². The average Bonchev–Trinajstić information content (AvgIpc) is 3.62. The zero-order chi connectivity index (χ0) is 27.2. The second-order valence-electron chi connectivity index (χ2n) is 9.22. The number of esters is 1. The van der Waals surface area contributed by atoms with Crippen LogP contribution in [-0.2, 0) is 0 Å². The van der Waals surface area contributed by atoms with Crippen molar-refractivity contribution in [2.24, 2.45) is 0 Å². The Kier molecular flexibility index (Phi) is 5.49. The van der Waals surface area contributed by atoms with E-state index in [0.29, 0.717) is 44.8 Å². The molecule has 194 valence electrons. The number of hydrogen-bond acceptors (Lipinski definition) is 7. The van der Waals surface area contributed by atoms with Gasteiger partial charge in [0.15, 0.2) is 11.3 Å². The van der Waals surface area contributed by atoms with E-state index in [4.69, 9.17) is 22.7 Å². The number of carbonyl (C=O) groups excluding carboxylic acids is 1. The Bertz CT molecular complexity index is 2080. The average molecular weight is 529 g/mol. The molecule has 0 aliphatic rings. The van der Waals surface area contributed by atoms with Crippen LogP contribution in [0.25, 0.3) is 55.4 Å². The highest BCUT2D eigenvalue weighted by atomic mass is 16.5. The predicted octanol–water partition coefficient (Wildman–Crippen LogP) is 7.85. The molecule has 0 fully saturated rings. The Hall–Kier alpha value is -5.56. The van der Waals surface area contributed by atoms with Crippen molar-refractivity contribution in [3.8, 4) is 33.9 Å². The minimum Gasteiger partial charge on any atom is -0.493 e. The van der Waals surface area contributed by atoms with Crippen LogP contribution in [0.15, 0.2) is 121 Å². The molecule has 0 unspecified atom stereocenters. The molecular weight excluding hydrogens is 508 g/mol. The molecule has 7 heteroatoms. The Morgan fingerprint density at radius 1 is 0.675 bits per heavy atom. The van der Waals surface area contributed by atoms with E-state index >= 15 is 0 Å². The van der Waals surface area contributed by atoms with Gasteiger partial charge in [-0.2, -0.15) is 0 Å². The first-order valence-electron chi connectivity index (χ1n) is 12.5. The van der Waals surface area contributed by atoms with Gasteiger partial charge in [0.25, 0.3) is 0 Å². The van der Waals surface area contributed by atoms with Crippen LogP contribution in [-0.4, -0.2) is 13.1 Å². The second kappa shape index (κ2) is 9.32. The van der Waals surface area contributed by atoms with Gasteiger partial charge in [-0.3, -0.25) is 0 Å². The summed E-state index contributed by atoms with van der Waals surface area (Å²) in [7, 11) is 1.57. The number of methoxy groups -OCH3 is 1. The third kappa shape index (κ3) is 4.01. The van der Waals surface area contributed by atoms with Gasteiger partial charge < -0.3 is 22.7 Å². The van der Waals surface area contributed by atoms with Crippen LogP contribution in [0.2, 0.25) is 0 Å². The summed E-state index contributed by atoms with van der Waals surface area (Å²) in [5, 5.41) is 2.14. The zero-order valence-corrected chi connectivity index (χ0v) is 21.2. The van der Waals surface area contributed by atoms with E-state index in [9.17, 15) is 9.59 Å². The van der Waals surface area contributed by atoms with E-state index < -0.39 is 11.6 Å². The summed E-state index contributed by atoms with van der Waals surface area (Å²) in [5.74, 6) is 0.708. The summed E-state index contributed by atoms with van der Waals surface area (Å²) in [4.78, 5) is 25.9. The maximum Gasteiger partial charge on any atom is 0.379 e. The van der Waals surface area contributed by atoms with E-state index in [1.807, 2.05) is 66.7 Å². The lowest BCUT2D eigenvalue weighted by atomic mass is 10.00. The molecule has 7 aromatic rings. The normalized spacial score (nSPS) is 11.3. The van der Waals surface area contributed by atoms with Crippen LogP contribution in [0, 0.1) is 0 Å². The standard InChI is InChI=1S/C33H20O7/c1-36-26-13-7-11-21-15-27(39-32(21)26)24-18-31(34)38-29-16-22(19-8-3-2-4-9-19)28(17-23(24)29)40-33(35)30-14-20-10-5-6-12-25(20)37-30/h2-18H,1H3. The Morgan fingerprint density at radius 2 is 1.48 bits per heavy atom. The van der Waals surface area contributed by atoms with Crippen molar-refractivity contribution in [3.05, 3.63) is 119 Å². The first-order chi connectivity index (χ1) is 19.6. The van der Waals surface area contributed by atoms with E-state index in [1.54, 1.807) is 37.4 Å². The van der Waals surface area contributed by atoms with E-state index in [2.05, 4.69) is 0 Å². The maximum atomic E-state index is 13.3. The topological polar surface area (TPSA) is 92.0 Å². The summed E-state index contributed by atoms with van der Waals surface area (Å²) in [6.45, 7) is 0. The third-order valence-electron chi connectivity index (χ3n) is 6.75. The first-order valence-corrected chi connectivity index (χ1v) is 12.5. The number of benzene rings is 4. The number of carbonyl (C=O) groups is 1. The summed E-state index contributed by atoms with van der Waals surface area (Å²) >= 11 is 0. The number of rotatable bonds is 5. The first kappa shape index (κ1) is 23.5. The minimum atomic E-state index is -0.653. The van der Waals surface area contributed by atoms with Crippen LogP contribution in [0.5, 0.6) is 11.5 Å². The lowest BCUT2D eigenvalue weighted by molar-refractivity contribution is 0.0705. The minimum absolute atomic E-state index is 0.0736. The molecule has 0 saturated heterocycles. The van der Waals surface area contributed by atoms with E-state index in [-0.39, 0.29) is 11.5 Å². The van der Waals surface area contributed by atoms with Gasteiger partial charge in [-0.05, 0) is 42.0 Å². The monoisotopic (exact) mass is 528 g/mol. The lowest BCUT2D eigenvalue weighted by Gasteiger charge is -2.12. The second-order valence-corrected chi connectivity index (χ2v) is 9.22. The van der Waals surface area contributed by atoms with Crippen LogP contribution in [0.3, 0.4) is 0 Å². The van der Waals surface area contributed by atoms with E-state index in [1.165, 1.54) is 6.07 Å². The molecule has 7 rings (SSSR count). The highest BCUT2D eigenvalue weighted by Gasteiger charge is 2.21. The molecule has 0 N–H and O–H groups in total. The van der Waals surface area contributed by atoms with Crippen molar-refractivity contribution in [2.75, 3.05) is 7.11 Å². The van der Waals surface area contributed by atoms with Crippen molar-refractivity contribution in [2.45, 2.75) is 0 Å². The molecule has 3 aromatic heterocycles.